The lowest BCUT2D eigenvalue weighted by Crippen LogP contribution is -2.33. The Morgan fingerprint density at radius 1 is 0.408 bits per heavy atom. The van der Waals surface area contributed by atoms with E-state index in [0.717, 1.165) is 0 Å². The Hall–Kier alpha value is -3.88. The fourth-order valence-electron chi connectivity index (χ4n) is 2.81. The second kappa shape index (κ2) is 30.2. The van der Waals surface area contributed by atoms with E-state index in [9.17, 15) is 55.9 Å². The van der Waals surface area contributed by atoms with Crippen molar-refractivity contribution in [3.05, 3.63) is 0 Å². The molecule has 0 radical (unpaired) electrons. The molecule has 0 fully saturated rings. The van der Waals surface area contributed by atoms with Gasteiger partial charge in [0, 0.05) is 0 Å². The van der Waals surface area contributed by atoms with Crippen molar-refractivity contribution < 1.29 is 76.3 Å². The standard InChI is InChI=1S/4C7H12FNO3.CH4/c4*1-4(10)6(9)2-5(3-8)7(11)12;/h4*5-6H,2-3,9H2,1H3,(H,11,12);1H4/t2*5-,6+;2*5-,6-;/m1010./s1/i4*8-1;. The van der Waals surface area contributed by atoms with E-state index in [1.807, 2.05) is 0 Å². The van der Waals surface area contributed by atoms with Gasteiger partial charge in [-0.1, -0.05) is 7.43 Å². The van der Waals surface area contributed by atoms with Crippen LogP contribution in [-0.4, -0.2) is 118 Å². The molecule has 0 aromatic rings. The molecule has 12 N–H and O–H groups in total. The predicted octanol–water partition coefficient (Wildman–Crippen LogP) is 0.489. The van der Waals surface area contributed by atoms with Gasteiger partial charge in [0.15, 0.2) is 0 Å². The first-order chi connectivity index (χ1) is 21.9. The van der Waals surface area contributed by atoms with Crippen molar-refractivity contribution in [2.24, 2.45) is 46.6 Å². The maximum absolute atomic E-state index is 12.0. The summed E-state index contributed by atoms with van der Waals surface area (Å²) in [4.78, 5) is 83.4. The number of ketones is 4. The molecule has 0 unspecified atom stereocenters. The van der Waals surface area contributed by atoms with Crippen LogP contribution in [0.4, 0.5) is 17.6 Å². The van der Waals surface area contributed by atoms with Gasteiger partial charge in [-0.15, -0.1) is 0 Å². The molecule has 0 aliphatic heterocycles. The first-order valence-corrected chi connectivity index (χ1v) is 14.1. The van der Waals surface area contributed by atoms with Gasteiger partial charge < -0.3 is 43.4 Å². The monoisotopic (exact) mass is 720 g/mol. The molecule has 0 saturated carbocycles. The van der Waals surface area contributed by atoms with Crippen molar-refractivity contribution in [2.75, 3.05) is 26.7 Å². The fourth-order valence-corrected chi connectivity index (χ4v) is 2.81. The molecule has 0 aromatic heterocycles. The molecule has 0 rings (SSSR count). The third-order valence-electron chi connectivity index (χ3n) is 6.38. The molecule has 288 valence electrons. The van der Waals surface area contributed by atoms with Crippen molar-refractivity contribution in [2.45, 2.75) is 85.0 Å². The van der Waals surface area contributed by atoms with Gasteiger partial charge >= 0.3 is 23.9 Å². The molecule has 8 atom stereocenters. The highest BCUT2D eigenvalue weighted by atomic mass is 18.2. The number of carbonyl (C=O) groups is 8. The van der Waals surface area contributed by atoms with Crippen LogP contribution in [0.1, 0.15) is 60.8 Å². The Kier molecular flexibility index (Phi) is 33.6. The van der Waals surface area contributed by atoms with Crippen LogP contribution in [0.2, 0.25) is 0 Å². The van der Waals surface area contributed by atoms with Gasteiger partial charge in [0.05, 0.1) is 47.8 Å². The van der Waals surface area contributed by atoms with Gasteiger partial charge in [-0.05, 0) is 53.4 Å². The van der Waals surface area contributed by atoms with Crippen LogP contribution in [-0.2, 0) is 38.4 Å². The molecule has 0 spiro atoms. The Morgan fingerprint density at radius 3 is 0.592 bits per heavy atom. The predicted molar refractivity (Wildman–Crippen MR) is 168 cm³/mol. The number of carboxylic acid groups (broad SMARTS) is 4. The highest BCUT2D eigenvalue weighted by Gasteiger charge is 2.25. The van der Waals surface area contributed by atoms with E-state index < -0.39 is 98.4 Å². The maximum atomic E-state index is 12.0. The average Bonchev–Trinajstić information content (AvgIpc) is 2.99. The molecule has 49 heavy (non-hydrogen) atoms. The van der Waals surface area contributed by atoms with E-state index >= 15 is 0 Å². The molecule has 0 amide bonds. The lowest BCUT2D eigenvalue weighted by atomic mass is 10.00. The van der Waals surface area contributed by atoms with Crippen molar-refractivity contribution in [3.63, 3.8) is 0 Å². The summed E-state index contributed by atoms with van der Waals surface area (Å²) in [7, 11) is 0. The van der Waals surface area contributed by atoms with Crippen LogP contribution in [0.15, 0.2) is 0 Å². The van der Waals surface area contributed by atoms with E-state index in [4.69, 9.17) is 43.4 Å². The van der Waals surface area contributed by atoms with Crippen LogP contribution in [0, 0.1) is 23.7 Å². The molecule has 0 heterocycles. The van der Waals surface area contributed by atoms with Gasteiger partial charge in [-0.2, -0.15) is 0 Å². The van der Waals surface area contributed by atoms with Gasteiger partial charge in [-0.25, -0.2) is 0 Å². The highest BCUT2D eigenvalue weighted by Crippen LogP contribution is 2.09. The number of halogens is 4. The van der Waals surface area contributed by atoms with Crippen molar-refractivity contribution in [3.8, 4) is 0 Å². The minimum absolute atomic E-state index is 0. The minimum Gasteiger partial charge on any atom is -0.481 e. The van der Waals surface area contributed by atoms with Gasteiger partial charge in [0.2, 0.25) is 0 Å². The average molecular weight is 721 g/mol. The Morgan fingerprint density at radius 2 is 0.531 bits per heavy atom. The zero-order chi connectivity index (χ0) is 38.9. The summed E-state index contributed by atoms with van der Waals surface area (Å²) < 4.78 is 47.9. The second-order valence-electron chi connectivity index (χ2n) is 10.6. The molecule has 0 saturated heterocycles. The van der Waals surface area contributed by atoms with Crippen molar-refractivity contribution in [1.82, 2.24) is 0 Å². The van der Waals surface area contributed by atoms with Crippen LogP contribution in [0.25, 0.3) is 0 Å². The number of nitrogens with two attached hydrogens (primary N) is 4. The Bertz CT molecular complexity index is 895. The van der Waals surface area contributed by atoms with E-state index in [0.29, 0.717) is 0 Å². The summed E-state index contributed by atoms with van der Waals surface area (Å²) in [6.45, 7) is 1.05. The smallest absolute Gasteiger partial charge is 0.309 e. The van der Waals surface area contributed by atoms with E-state index in [-0.39, 0.29) is 56.2 Å². The summed E-state index contributed by atoms with van der Waals surface area (Å²) in [6, 6.07) is -3.49. The summed E-state index contributed by atoms with van der Waals surface area (Å²) in [6.07, 6.45) is -0.551. The second-order valence-corrected chi connectivity index (χ2v) is 10.6. The third kappa shape index (κ3) is 28.8. The molecule has 0 aliphatic carbocycles. The van der Waals surface area contributed by atoms with Crippen LogP contribution < -0.4 is 22.9 Å². The number of carbonyl (C=O) groups excluding carboxylic acids is 4. The largest absolute Gasteiger partial charge is 0.481 e. The number of alkyl halides is 4. The molecule has 0 aliphatic rings. The number of aliphatic carboxylic acids is 4. The van der Waals surface area contributed by atoms with Crippen molar-refractivity contribution >= 4 is 47.0 Å². The number of hydrogen-bond donors (Lipinski definition) is 8. The minimum atomic E-state index is -1.26. The Balaban J connectivity index is -0.000000174. The van der Waals surface area contributed by atoms with Crippen LogP contribution in [0.5, 0.6) is 0 Å². The van der Waals surface area contributed by atoms with E-state index in [1.54, 1.807) is 0 Å². The number of carboxylic acids is 4. The first-order valence-electron chi connectivity index (χ1n) is 14.1. The summed E-state index contributed by atoms with van der Waals surface area (Å²) >= 11 is 0. The van der Waals surface area contributed by atoms with E-state index in [2.05, 4.69) is 0 Å². The lowest BCUT2D eigenvalue weighted by molar-refractivity contribution is -0.144. The first kappa shape index (κ1) is 54.6. The summed E-state index contributed by atoms with van der Waals surface area (Å²) in [5, 5.41) is 33.6. The van der Waals surface area contributed by atoms with E-state index in [1.165, 1.54) is 27.7 Å². The number of Topliss-reactive ketones (excluding diaryl/α,β-unsaturated/α-hetero) is 4. The summed E-state index contributed by atoms with van der Waals surface area (Å²) in [5.41, 5.74) is 21.0. The summed E-state index contributed by atoms with van der Waals surface area (Å²) in [5.74, 6) is -11.0. The number of hydrogen-bond acceptors (Lipinski definition) is 12. The SMILES string of the molecule is C.CC(=O)[C@@H](N)C[C@@H](C[18F])C(=O)O.CC(=O)[C@@H](N)C[C@H](C[18F])C(=O)O.CC(=O)[C@H](N)C[C@@H](C[18F])C(=O)O.CC(=O)[C@H](N)C[C@H](C[18F])C(=O)O. The fraction of sp³-hybridized carbons (Fsp3) is 0.724. The quantitative estimate of drug-likeness (QED) is 0.0793. The zero-order valence-corrected chi connectivity index (χ0v) is 27.2. The van der Waals surface area contributed by atoms with Gasteiger partial charge in [-0.3, -0.25) is 55.9 Å². The Labute approximate surface area is 281 Å². The normalized spacial score (nSPS) is 14.9. The molecule has 0 aromatic carbocycles. The van der Waals surface area contributed by atoms with Gasteiger partial charge in [0.25, 0.3) is 0 Å². The molecular formula is C29H52F4N4O12. The highest BCUT2D eigenvalue weighted by molar-refractivity contribution is 5.83. The zero-order valence-electron chi connectivity index (χ0n) is 27.2. The van der Waals surface area contributed by atoms with Crippen LogP contribution >= 0.6 is 0 Å². The number of rotatable bonds is 20. The lowest BCUT2D eigenvalue weighted by Gasteiger charge is -2.11. The van der Waals surface area contributed by atoms with Gasteiger partial charge in [0.1, 0.15) is 49.8 Å². The topological polar surface area (TPSA) is 322 Å². The maximum Gasteiger partial charge on any atom is 0.309 e. The molecule has 20 heteroatoms. The molecule has 0 bridgehead atoms. The third-order valence-corrected chi connectivity index (χ3v) is 6.38. The molecule has 16 nitrogen and oxygen atoms in total. The van der Waals surface area contributed by atoms with Crippen LogP contribution in [0.3, 0.4) is 0 Å². The van der Waals surface area contributed by atoms with Crippen molar-refractivity contribution in [1.29, 1.82) is 0 Å². The molecular weight excluding hydrogens is 668 g/mol.